The van der Waals surface area contributed by atoms with Gasteiger partial charge in [0.15, 0.2) is 0 Å². The Morgan fingerprint density at radius 3 is 2.33 bits per heavy atom. The van der Waals surface area contributed by atoms with Crippen LogP contribution in [0.1, 0.15) is 23.2 Å². The molecule has 1 N–H and O–H groups in total. The monoisotopic (exact) mass is 426 g/mol. The highest BCUT2D eigenvalue weighted by molar-refractivity contribution is 7.89. The van der Waals surface area contributed by atoms with Gasteiger partial charge >= 0.3 is 0 Å². The highest BCUT2D eigenvalue weighted by Gasteiger charge is 2.29. The number of carbonyl (C=O) groups excluding carboxylic acids is 1. The summed E-state index contributed by atoms with van der Waals surface area (Å²) < 4.78 is 26.8. The average molecular weight is 427 g/mol. The lowest BCUT2D eigenvalue weighted by atomic mass is 9.98. The third-order valence-corrected chi connectivity index (χ3v) is 7.34. The van der Waals surface area contributed by atoms with Gasteiger partial charge in [0, 0.05) is 25.2 Å². The van der Waals surface area contributed by atoms with Crippen LogP contribution in [0, 0.1) is 5.92 Å². The zero-order valence-corrected chi connectivity index (χ0v) is 16.9. The van der Waals surface area contributed by atoms with E-state index < -0.39 is 10.0 Å². The molecular weight excluding hydrogens is 407 g/mol. The minimum atomic E-state index is -3.45. The van der Waals surface area contributed by atoms with Crippen LogP contribution in [0.3, 0.4) is 0 Å². The molecule has 0 radical (unpaired) electrons. The Morgan fingerprint density at radius 2 is 1.70 bits per heavy atom. The van der Waals surface area contributed by atoms with Gasteiger partial charge in [0.1, 0.15) is 0 Å². The molecule has 1 fully saturated rings. The Kier molecular flexibility index (Phi) is 6.42. The molecule has 1 aliphatic heterocycles. The second-order valence-electron chi connectivity index (χ2n) is 6.50. The van der Waals surface area contributed by atoms with Gasteiger partial charge in [0.05, 0.1) is 14.9 Å². The normalized spacial score (nSPS) is 16.2. The van der Waals surface area contributed by atoms with Crippen molar-refractivity contribution in [2.45, 2.75) is 17.7 Å². The minimum absolute atomic E-state index is 0.215. The van der Waals surface area contributed by atoms with E-state index >= 15 is 0 Å². The van der Waals surface area contributed by atoms with E-state index in [-0.39, 0.29) is 11.8 Å². The van der Waals surface area contributed by atoms with Crippen LogP contribution in [0.15, 0.2) is 53.4 Å². The molecule has 0 spiro atoms. The van der Waals surface area contributed by atoms with E-state index in [0.717, 1.165) is 0 Å². The summed E-state index contributed by atoms with van der Waals surface area (Å²) in [6.45, 7) is 1.40. The standard InChI is InChI=1S/C19H20Cl2N2O3S/c20-17-7-6-15(12-18(17)21)19(24)22-13-14-8-10-23(11-9-14)27(25,26)16-4-2-1-3-5-16/h1-7,12,14H,8-11,13H2,(H,22,24). The lowest BCUT2D eigenvalue weighted by molar-refractivity contribution is 0.0941. The van der Waals surface area contributed by atoms with Crippen molar-refractivity contribution in [1.82, 2.24) is 9.62 Å². The Labute approximate surface area is 169 Å². The van der Waals surface area contributed by atoms with E-state index in [4.69, 9.17) is 23.2 Å². The van der Waals surface area contributed by atoms with Gasteiger partial charge in [-0.3, -0.25) is 4.79 Å². The first-order valence-electron chi connectivity index (χ1n) is 8.66. The number of nitrogens with one attached hydrogen (secondary N) is 1. The van der Waals surface area contributed by atoms with Crippen molar-refractivity contribution in [3.8, 4) is 0 Å². The molecule has 5 nitrogen and oxygen atoms in total. The van der Waals surface area contributed by atoms with Crippen molar-refractivity contribution in [2.24, 2.45) is 5.92 Å². The molecule has 1 amide bonds. The molecule has 0 atom stereocenters. The minimum Gasteiger partial charge on any atom is -0.352 e. The van der Waals surface area contributed by atoms with Gasteiger partial charge in [-0.15, -0.1) is 0 Å². The van der Waals surface area contributed by atoms with Crippen molar-refractivity contribution in [3.63, 3.8) is 0 Å². The van der Waals surface area contributed by atoms with Gasteiger partial charge in [-0.05, 0) is 49.1 Å². The smallest absolute Gasteiger partial charge is 0.251 e. The molecule has 0 bridgehead atoms. The maximum Gasteiger partial charge on any atom is 0.251 e. The zero-order valence-electron chi connectivity index (χ0n) is 14.6. The van der Waals surface area contributed by atoms with E-state index in [2.05, 4.69) is 5.32 Å². The highest BCUT2D eigenvalue weighted by Crippen LogP contribution is 2.24. The summed E-state index contributed by atoms with van der Waals surface area (Å²) in [5.74, 6) is 0.0202. The number of amides is 1. The molecular formula is C19H20Cl2N2O3S. The number of sulfonamides is 1. The fourth-order valence-corrected chi connectivity index (χ4v) is 4.86. The van der Waals surface area contributed by atoms with E-state index in [0.29, 0.717) is 53.0 Å². The van der Waals surface area contributed by atoms with Crippen molar-refractivity contribution in [1.29, 1.82) is 0 Å². The molecule has 144 valence electrons. The second kappa shape index (κ2) is 8.61. The van der Waals surface area contributed by atoms with Gasteiger partial charge in [-0.25, -0.2) is 8.42 Å². The lowest BCUT2D eigenvalue weighted by Crippen LogP contribution is -2.41. The van der Waals surface area contributed by atoms with Gasteiger partial charge in [0.2, 0.25) is 10.0 Å². The fourth-order valence-electron chi connectivity index (χ4n) is 3.07. The molecule has 27 heavy (non-hydrogen) atoms. The summed E-state index contributed by atoms with van der Waals surface area (Å²) in [5, 5.41) is 3.63. The van der Waals surface area contributed by atoms with Gasteiger partial charge in [-0.1, -0.05) is 41.4 Å². The Bertz CT molecular complexity index is 912. The fraction of sp³-hybridized carbons (Fsp3) is 0.316. The molecule has 0 unspecified atom stereocenters. The summed E-state index contributed by atoms with van der Waals surface area (Å²) in [5.41, 5.74) is 0.452. The lowest BCUT2D eigenvalue weighted by Gasteiger charge is -2.31. The van der Waals surface area contributed by atoms with Crippen molar-refractivity contribution in [3.05, 3.63) is 64.1 Å². The van der Waals surface area contributed by atoms with E-state index in [1.807, 2.05) is 0 Å². The number of rotatable bonds is 5. The zero-order chi connectivity index (χ0) is 19.4. The third-order valence-electron chi connectivity index (χ3n) is 4.69. The van der Waals surface area contributed by atoms with Crippen molar-refractivity contribution in [2.75, 3.05) is 19.6 Å². The predicted octanol–water partition coefficient (Wildman–Crippen LogP) is 3.82. The molecule has 1 aliphatic rings. The summed E-state index contributed by atoms with van der Waals surface area (Å²) in [6.07, 6.45) is 1.40. The average Bonchev–Trinajstić information content (AvgIpc) is 2.69. The summed E-state index contributed by atoms with van der Waals surface area (Å²) in [4.78, 5) is 12.6. The topological polar surface area (TPSA) is 66.5 Å². The van der Waals surface area contributed by atoms with Crippen LogP contribution in [-0.2, 0) is 10.0 Å². The number of hydrogen-bond acceptors (Lipinski definition) is 3. The molecule has 2 aromatic carbocycles. The number of nitrogens with zero attached hydrogens (tertiary/aromatic N) is 1. The number of hydrogen-bond donors (Lipinski definition) is 1. The molecule has 1 heterocycles. The van der Waals surface area contributed by atoms with Crippen LogP contribution in [0.4, 0.5) is 0 Å². The van der Waals surface area contributed by atoms with E-state index in [1.165, 1.54) is 10.4 Å². The molecule has 0 aliphatic carbocycles. The number of piperidine rings is 1. The summed E-state index contributed by atoms with van der Waals surface area (Å²) in [7, 11) is -3.45. The summed E-state index contributed by atoms with van der Waals surface area (Å²) in [6, 6.07) is 13.2. The Morgan fingerprint density at radius 1 is 1.04 bits per heavy atom. The maximum absolute atomic E-state index is 12.6. The van der Waals surface area contributed by atoms with Crippen LogP contribution in [0.5, 0.6) is 0 Å². The second-order valence-corrected chi connectivity index (χ2v) is 9.25. The molecule has 1 saturated heterocycles. The molecule has 8 heteroatoms. The van der Waals surface area contributed by atoms with Gasteiger partial charge in [0.25, 0.3) is 5.91 Å². The van der Waals surface area contributed by atoms with Crippen LogP contribution < -0.4 is 5.32 Å². The number of carbonyl (C=O) groups is 1. The van der Waals surface area contributed by atoms with Crippen LogP contribution in [0.25, 0.3) is 0 Å². The first-order chi connectivity index (χ1) is 12.9. The van der Waals surface area contributed by atoms with Crippen LogP contribution in [0.2, 0.25) is 10.0 Å². The molecule has 0 saturated carbocycles. The number of benzene rings is 2. The maximum atomic E-state index is 12.6. The third kappa shape index (κ3) is 4.82. The Hall–Kier alpha value is -1.60. The molecule has 0 aromatic heterocycles. The van der Waals surface area contributed by atoms with Crippen LogP contribution >= 0.6 is 23.2 Å². The van der Waals surface area contributed by atoms with E-state index in [9.17, 15) is 13.2 Å². The molecule has 3 rings (SSSR count). The SMILES string of the molecule is O=C(NCC1CCN(S(=O)(=O)c2ccccc2)CC1)c1ccc(Cl)c(Cl)c1. The van der Waals surface area contributed by atoms with Crippen molar-refractivity contribution >= 4 is 39.1 Å². The van der Waals surface area contributed by atoms with E-state index in [1.54, 1.807) is 42.5 Å². The molecule has 2 aromatic rings. The van der Waals surface area contributed by atoms with Crippen LogP contribution in [-0.4, -0.2) is 38.3 Å². The highest BCUT2D eigenvalue weighted by atomic mass is 35.5. The van der Waals surface area contributed by atoms with Gasteiger partial charge < -0.3 is 5.32 Å². The van der Waals surface area contributed by atoms with Crippen molar-refractivity contribution < 1.29 is 13.2 Å². The predicted molar refractivity (Wildman–Crippen MR) is 107 cm³/mol. The Balaban J connectivity index is 1.52. The first-order valence-corrected chi connectivity index (χ1v) is 10.9. The quantitative estimate of drug-likeness (QED) is 0.789. The summed E-state index contributed by atoms with van der Waals surface area (Å²) >= 11 is 11.8. The first kappa shape index (κ1) is 20.1. The number of halogens is 2. The largest absolute Gasteiger partial charge is 0.352 e. The van der Waals surface area contributed by atoms with Gasteiger partial charge in [-0.2, -0.15) is 4.31 Å².